The molecule has 0 saturated carbocycles. The van der Waals surface area contributed by atoms with E-state index in [0.717, 1.165) is 5.56 Å². The van der Waals surface area contributed by atoms with Crippen LogP contribution in [0.2, 0.25) is 5.02 Å². The topological polar surface area (TPSA) is 67.9 Å². The van der Waals surface area contributed by atoms with Crippen LogP contribution in [0.5, 0.6) is 11.5 Å². The highest BCUT2D eigenvalue weighted by Crippen LogP contribution is 2.29. The molecule has 0 spiro atoms. The van der Waals surface area contributed by atoms with Crippen LogP contribution in [0, 0.1) is 11.7 Å². The van der Waals surface area contributed by atoms with Crippen LogP contribution in [-0.4, -0.2) is 32.6 Å². The lowest BCUT2D eigenvalue weighted by Crippen LogP contribution is -2.32. The van der Waals surface area contributed by atoms with Crippen molar-refractivity contribution in [2.45, 2.75) is 13.0 Å². The maximum atomic E-state index is 13.3. The van der Waals surface area contributed by atoms with E-state index >= 15 is 0 Å². The molecule has 0 aliphatic carbocycles. The molecule has 3 rings (SSSR count). The fourth-order valence-electron chi connectivity index (χ4n) is 3.11. The molecule has 2 amide bonds. The normalized spacial score (nSPS) is 16.2. The summed E-state index contributed by atoms with van der Waals surface area (Å²) in [6, 6.07) is 9.44. The van der Waals surface area contributed by atoms with Crippen LogP contribution < -0.4 is 19.7 Å². The van der Waals surface area contributed by atoms with Crippen molar-refractivity contribution in [2.75, 3.05) is 25.7 Å². The molecule has 1 aliphatic rings. The van der Waals surface area contributed by atoms with E-state index in [1.54, 1.807) is 26.4 Å². The van der Waals surface area contributed by atoms with Gasteiger partial charge >= 0.3 is 0 Å². The molecule has 1 atom stereocenters. The Kier molecular flexibility index (Phi) is 6.04. The Bertz CT molecular complexity index is 906. The Labute approximate surface area is 167 Å². The number of carbonyl (C=O) groups is 2. The standard InChI is InChI=1S/C20H20ClFN2O4/c1-27-17-6-3-12(7-18(17)28-2)10-23-20(26)13-8-19(25)24(11-13)14-4-5-16(22)15(21)9-14/h3-7,9,13H,8,10-11H2,1-2H3,(H,23,26)/t13-/m1/s1. The second-order valence-electron chi connectivity index (χ2n) is 6.41. The molecule has 1 fully saturated rings. The number of nitrogens with one attached hydrogen (secondary N) is 1. The van der Waals surface area contributed by atoms with Crippen molar-refractivity contribution in [1.82, 2.24) is 5.32 Å². The lowest BCUT2D eigenvalue weighted by atomic mass is 10.1. The Hall–Kier alpha value is -2.80. The molecule has 8 heteroatoms. The van der Waals surface area contributed by atoms with Crippen molar-refractivity contribution in [1.29, 1.82) is 0 Å². The first-order valence-electron chi connectivity index (χ1n) is 8.67. The van der Waals surface area contributed by atoms with Crippen molar-refractivity contribution in [3.05, 3.63) is 52.8 Å². The van der Waals surface area contributed by atoms with Gasteiger partial charge in [-0.1, -0.05) is 17.7 Å². The number of halogens is 2. The Morgan fingerprint density at radius 1 is 1.21 bits per heavy atom. The SMILES string of the molecule is COc1ccc(CNC(=O)[C@@H]2CC(=O)N(c3ccc(F)c(Cl)c3)C2)cc1OC. The molecule has 2 aromatic rings. The zero-order valence-corrected chi connectivity index (χ0v) is 16.3. The van der Waals surface area contributed by atoms with Crippen molar-refractivity contribution < 1.29 is 23.5 Å². The zero-order chi connectivity index (χ0) is 20.3. The monoisotopic (exact) mass is 406 g/mol. The number of hydrogen-bond donors (Lipinski definition) is 1. The third-order valence-electron chi connectivity index (χ3n) is 4.63. The molecule has 148 valence electrons. The molecular weight excluding hydrogens is 387 g/mol. The van der Waals surface area contributed by atoms with E-state index in [9.17, 15) is 14.0 Å². The summed E-state index contributed by atoms with van der Waals surface area (Å²) >= 11 is 5.79. The minimum atomic E-state index is -0.554. The zero-order valence-electron chi connectivity index (χ0n) is 15.5. The van der Waals surface area contributed by atoms with E-state index in [0.29, 0.717) is 23.7 Å². The number of rotatable bonds is 6. The number of nitrogens with zero attached hydrogens (tertiary/aromatic N) is 1. The minimum absolute atomic E-state index is 0.0633. The van der Waals surface area contributed by atoms with Crippen molar-refractivity contribution in [3.63, 3.8) is 0 Å². The average molecular weight is 407 g/mol. The first kappa shape index (κ1) is 19.9. The van der Waals surface area contributed by atoms with E-state index in [-0.39, 0.29) is 29.8 Å². The Balaban J connectivity index is 1.62. The third kappa shape index (κ3) is 4.20. The van der Waals surface area contributed by atoms with Crippen LogP contribution in [0.15, 0.2) is 36.4 Å². The van der Waals surface area contributed by atoms with Gasteiger partial charge in [-0.3, -0.25) is 9.59 Å². The number of anilines is 1. The third-order valence-corrected chi connectivity index (χ3v) is 4.92. The maximum Gasteiger partial charge on any atom is 0.227 e. The molecule has 6 nitrogen and oxygen atoms in total. The van der Waals surface area contributed by atoms with Crippen molar-refractivity contribution >= 4 is 29.1 Å². The van der Waals surface area contributed by atoms with Crippen LogP contribution in [0.1, 0.15) is 12.0 Å². The Morgan fingerprint density at radius 2 is 1.96 bits per heavy atom. The first-order chi connectivity index (χ1) is 13.4. The summed E-state index contributed by atoms with van der Waals surface area (Å²) in [4.78, 5) is 26.3. The summed E-state index contributed by atoms with van der Waals surface area (Å²) in [7, 11) is 3.09. The highest BCUT2D eigenvalue weighted by atomic mass is 35.5. The summed E-state index contributed by atoms with van der Waals surface area (Å²) in [5.41, 5.74) is 1.32. The van der Waals surface area contributed by atoms with Crippen LogP contribution >= 0.6 is 11.6 Å². The highest BCUT2D eigenvalue weighted by Gasteiger charge is 2.35. The lowest BCUT2D eigenvalue weighted by Gasteiger charge is -2.17. The van der Waals surface area contributed by atoms with Gasteiger partial charge in [0.2, 0.25) is 11.8 Å². The van der Waals surface area contributed by atoms with Gasteiger partial charge in [0.05, 0.1) is 25.2 Å². The van der Waals surface area contributed by atoms with Crippen LogP contribution in [0.3, 0.4) is 0 Å². The fourth-order valence-corrected chi connectivity index (χ4v) is 3.28. The second kappa shape index (κ2) is 8.48. The predicted molar refractivity (Wildman–Crippen MR) is 103 cm³/mol. The van der Waals surface area contributed by atoms with E-state index in [1.807, 2.05) is 6.07 Å². The molecule has 0 bridgehead atoms. The van der Waals surface area contributed by atoms with E-state index < -0.39 is 11.7 Å². The number of ether oxygens (including phenoxy) is 2. The molecule has 0 aromatic heterocycles. The molecule has 1 heterocycles. The summed E-state index contributed by atoms with van der Waals surface area (Å²) in [5.74, 6) is -0.289. The van der Waals surface area contributed by atoms with Gasteiger partial charge in [0.15, 0.2) is 11.5 Å². The second-order valence-corrected chi connectivity index (χ2v) is 6.82. The molecule has 1 saturated heterocycles. The van der Waals surface area contributed by atoms with Gasteiger partial charge in [-0.25, -0.2) is 4.39 Å². The van der Waals surface area contributed by atoms with Crippen LogP contribution in [0.25, 0.3) is 0 Å². The summed E-state index contributed by atoms with van der Waals surface area (Å²) in [5, 5.41) is 2.78. The molecule has 0 radical (unpaired) electrons. The molecule has 28 heavy (non-hydrogen) atoms. The van der Waals surface area contributed by atoms with Crippen molar-refractivity contribution in [2.24, 2.45) is 5.92 Å². The maximum absolute atomic E-state index is 13.3. The number of benzene rings is 2. The number of methoxy groups -OCH3 is 2. The van der Waals surface area contributed by atoms with Gasteiger partial charge in [0.1, 0.15) is 5.82 Å². The van der Waals surface area contributed by atoms with Crippen molar-refractivity contribution in [3.8, 4) is 11.5 Å². The molecule has 1 N–H and O–H groups in total. The van der Waals surface area contributed by atoms with Gasteiger partial charge in [-0.05, 0) is 35.9 Å². The smallest absolute Gasteiger partial charge is 0.227 e. The van der Waals surface area contributed by atoms with Gasteiger partial charge in [0.25, 0.3) is 0 Å². The largest absolute Gasteiger partial charge is 0.493 e. The Morgan fingerprint density at radius 3 is 2.64 bits per heavy atom. The fraction of sp³-hybridized carbons (Fsp3) is 0.300. The van der Waals surface area contributed by atoms with Crippen LogP contribution in [-0.2, 0) is 16.1 Å². The van der Waals surface area contributed by atoms with Gasteiger partial charge in [-0.2, -0.15) is 0 Å². The number of hydrogen-bond acceptors (Lipinski definition) is 4. The lowest BCUT2D eigenvalue weighted by molar-refractivity contribution is -0.126. The molecule has 2 aromatic carbocycles. The summed E-state index contributed by atoms with van der Waals surface area (Å²) in [6.45, 7) is 0.519. The number of amides is 2. The first-order valence-corrected chi connectivity index (χ1v) is 9.04. The summed E-state index contributed by atoms with van der Waals surface area (Å²) in [6.07, 6.45) is 0.0900. The average Bonchev–Trinajstić information content (AvgIpc) is 3.09. The summed E-state index contributed by atoms with van der Waals surface area (Å²) < 4.78 is 23.8. The van der Waals surface area contributed by atoms with E-state index in [1.165, 1.54) is 23.1 Å². The van der Waals surface area contributed by atoms with Gasteiger partial charge in [0, 0.05) is 25.2 Å². The molecular formula is C20H20ClFN2O4. The number of carbonyl (C=O) groups excluding carboxylic acids is 2. The highest BCUT2D eigenvalue weighted by molar-refractivity contribution is 6.31. The van der Waals surface area contributed by atoms with Crippen LogP contribution in [0.4, 0.5) is 10.1 Å². The van der Waals surface area contributed by atoms with Gasteiger partial charge < -0.3 is 19.7 Å². The quantitative estimate of drug-likeness (QED) is 0.800. The molecule has 1 aliphatic heterocycles. The minimum Gasteiger partial charge on any atom is -0.493 e. The molecule has 0 unspecified atom stereocenters. The van der Waals surface area contributed by atoms with Gasteiger partial charge in [-0.15, -0.1) is 0 Å². The van der Waals surface area contributed by atoms with E-state index in [2.05, 4.69) is 5.32 Å². The predicted octanol–water partition coefficient (Wildman–Crippen LogP) is 3.17. The van der Waals surface area contributed by atoms with E-state index in [4.69, 9.17) is 21.1 Å².